The summed E-state index contributed by atoms with van der Waals surface area (Å²) in [6.07, 6.45) is 0. The van der Waals surface area contributed by atoms with Gasteiger partial charge in [-0.3, -0.25) is 19.5 Å². The molecule has 1 N–H and O–H groups in total. The highest BCUT2D eigenvalue weighted by atomic mass is 32.2. The predicted octanol–water partition coefficient (Wildman–Crippen LogP) is 3.41. The Labute approximate surface area is 164 Å². The van der Waals surface area contributed by atoms with Crippen LogP contribution < -0.4 is 10.9 Å². The Hall–Kier alpha value is -3.39. The van der Waals surface area contributed by atoms with Crippen LogP contribution in [0.3, 0.4) is 0 Å². The molecule has 0 radical (unpaired) electrons. The lowest BCUT2D eigenvalue weighted by Crippen LogP contribution is -2.22. The van der Waals surface area contributed by atoms with E-state index in [-0.39, 0.29) is 23.1 Å². The number of para-hydroxylation sites is 2. The minimum Gasteiger partial charge on any atom is -0.338 e. The summed E-state index contributed by atoms with van der Waals surface area (Å²) in [7, 11) is 0. The summed E-state index contributed by atoms with van der Waals surface area (Å²) in [5.41, 5.74) is 1.79. The molecule has 4 aromatic rings. The summed E-state index contributed by atoms with van der Waals surface area (Å²) in [6, 6.07) is 18.0. The van der Waals surface area contributed by atoms with Crippen molar-refractivity contribution in [2.75, 3.05) is 11.1 Å². The molecular formula is C20H16N4O3S. The molecule has 2 aromatic carbocycles. The van der Waals surface area contributed by atoms with E-state index < -0.39 is 0 Å². The quantitative estimate of drug-likeness (QED) is 0.413. The van der Waals surface area contributed by atoms with Gasteiger partial charge in [0.05, 0.1) is 28.0 Å². The van der Waals surface area contributed by atoms with Crippen LogP contribution in [-0.2, 0) is 4.79 Å². The Bertz CT molecular complexity index is 1200. The zero-order valence-electron chi connectivity index (χ0n) is 15.0. The van der Waals surface area contributed by atoms with Crippen molar-refractivity contribution in [2.24, 2.45) is 0 Å². The smallest absolute Gasteiger partial charge is 0.266 e. The normalized spacial score (nSPS) is 10.9. The monoisotopic (exact) mass is 392 g/mol. The number of thioether (sulfide) groups is 1. The van der Waals surface area contributed by atoms with Crippen LogP contribution in [0.1, 0.15) is 5.69 Å². The molecule has 0 aliphatic heterocycles. The van der Waals surface area contributed by atoms with Crippen molar-refractivity contribution in [1.29, 1.82) is 0 Å². The van der Waals surface area contributed by atoms with E-state index in [4.69, 9.17) is 4.52 Å². The number of anilines is 1. The highest BCUT2D eigenvalue weighted by molar-refractivity contribution is 7.99. The standard InChI is InChI=1S/C20H16N4O3S/c1-13-11-18(27-23-13)22-17(25)12-28-20-21-16-10-6-5-9-15(16)19(26)24(20)14-7-3-2-4-8-14/h2-11H,12H2,1H3,(H,22,25). The first-order valence-electron chi connectivity index (χ1n) is 8.55. The number of carbonyl (C=O) groups excluding carboxylic acids is 1. The number of amides is 1. The third-order valence-corrected chi connectivity index (χ3v) is 4.92. The fraction of sp³-hybridized carbons (Fsp3) is 0.100. The van der Waals surface area contributed by atoms with Gasteiger partial charge in [0.15, 0.2) is 5.16 Å². The van der Waals surface area contributed by atoms with Crippen molar-refractivity contribution in [1.82, 2.24) is 14.7 Å². The van der Waals surface area contributed by atoms with Gasteiger partial charge in [-0.2, -0.15) is 0 Å². The maximum absolute atomic E-state index is 13.1. The van der Waals surface area contributed by atoms with Crippen LogP contribution in [0.25, 0.3) is 16.6 Å². The summed E-state index contributed by atoms with van der Waals surface area (Å²) >= 11 is 1.18. The molecule has 7 nitrogen and oxygen atoms in total. The number of fused-ring (bicyclic) bond motifs is 1. The molecular weight excluding hydrogens is 376 g/mol. The second-order valence-electron chi connectivity index (χ2n) is 6.06. The maximum Gasteiger partial charge on any atom is 0.266 e. The summed E-state index contributed by atoms with van der Waals surface area (Å²) < 4.78 is 6.52. The van der Waals surface area contributed by atoms with E-state index in [0.717, 1.165) is 0 Å². The van der Waals surface area contributed by atoms with Gasteiger partial charge in [-0.05, 0) is 31.2 Å². The van der Waals surface area contributed by atoms with Gasteiger partial charge in [-0.15, -0.1) is 0 Å². The van der Waals surface area contributed by atoms with E-state index in [1.165, 1.54) is 16.3 Å². The first kappa shape index (κ1) is 18.0. The number of hydrogen-bond acceptors (Lipinski definition) is 6. The van der Waals surface area contributed by atoms with Gasteiger partial charge < -0.3 is 4.52 Å². The Morgan fingerprint density at radius 3 is 2.64 bits per heavy atom. The molecule has 2 aromatic heterocycles. The third-order valence-electron chi connectivity index (χ3n) is 3.98. The Balaban J connectivity index is 1.67. The minimum absolute atomic E-state index is 0.0668. The van der Waals surface area contributed by atoms with E-state index in [1.54, 1.807) is 31.2 Å². The van der Waals surface area contributed by atoms with Crippen LogP contribution in [-0.4, -0.2) is 26.4 Å². The zero-order valence-corrected chi connectivity index (χ0v) is 15.8. The van der Waals surface area contributed by atoms with Crippen LogP contribution in [0.4, 0.5) is 5.88 Å². The number of hydrogen-bond donors (Lipinski definition) is 1. The number of benzene rings is 2. The van der Waals surface area contributed by atoms with Gasteiger partial charge in [-0.1, -0.05) is 47.3 Å². The van der Waals surface area contributed by atoms with Crippen LogP contribution in [0, 0.1) is 6.92 Å². The highest BCUT2D eigenvalue weighted by Crippen LogP contribution is 2.21. The van der Waals surface area contributed by atoms with Crippen molar-refractivity contribution in [2.45, 2.75) is 12.1 Å². The zero-order chi connectivity index (χ0) is 19.5. The molecule has 8 heteroatoms. The van der Waals surface area contributed by atoms with Gasteiger partial charge in [-0.25, -0.2) is 4.98 Å². The molecule has 28 heavy (non-hydrogen) atoms. The fourth-order valence-electron chi connectivity index (χ4n) is 2.74. The molecule has 0 saturated carbocycles. The summed E-state index contributed by atoms with van der Waals surface area (Å²) in [5.74, 6) is 0.0790. The average molecular weight is 392 g/mol. The summed E-state index contributed by atoms with van der Waals surface area (Å²) in [4.78, 5) is 29.9. The topological polar surface area (TPSA) is 90.0 Å². The fourth-order valence-corrected chi connectivity index (χ4v) is 3.55. The second-order valence-corrected chi connectivity index (χ2v) is 7.00. The van der Waals surface area contributed by atoms with E-state index in [1.807, 2.05) is 36.4 Å². The molecule has 140 valence electrons. The lowest BCUT2D eigenvalue weighted by molar-refractivity contribution is -0.113. The number of aromatic nitrogens is 3. The molecule has 0 aliphatic rings. The third kappa shape index (κ3) is 3.67. The SMILES string of the molecule is Cc1cc(NC(=O)CSc2nc3ccccc3c(=O)n2-c2ccccc2)on1. The van der Waals surface area contributed by atoms with Crippen molar-refractivity contribution in [3.05, 3.63) is 76.7 Å². The van der Waals surface area contributed by atoms with Crippen molar-refractivity contribution in [3.8, 4) is 5.69 Å². The first-order chi connectivity index (χ1) is 13.6. The Morgan fingerprint density at radius 2 is 1.89 bits per heavy atom. The van der Waals surface area contributed by atoms with Crippen molar-refractivity contribution >= 4 is 34.5 Å². The largest absolute Gasteiger partial charge is 0.338 e. The van der Waals surface area contributed by atoms with Crippen molar-refractivity contribution in [3.63, 3.8) is 0 Å². The molecule has 0 aliphatic carbocycles. The number of nitrogens with zero attached hydrogens (tertiary/aromatic N) is 3. The molecule has 0 atom stereocenters. The Kier molecular flexibility index (Phi) is 4.94. The van der Waals surface area contributed by atoms with Crippen LogP contribution in [0.5, 0.6) is 0 Å². The van der Waals surface area contributed by atoms with Crippen LogP contribution in [0.15, 0.2) is 75.1 Å². The van der Waals surface area contributed by atoms with E-state index in [2.05, 4.69) is 15.5 Å². The average Bonchev–Trinajstić information content (AvgIpc) is 3.11. The lowest BCUT2D eigenvalue weighted by atomic mass is 10.2. The van der Waals surface area contributed by atoms with Gasteiger partial charge in [0, 0.05) is 6.07 Å². The molecule has 0 spiro atoms. The number of aryl methyl sites for hydroxylation is 1. The van der Waals surface area contributed by atoms with Gasteiger partial charge in [0.25, 0.3) is 5.56 Å². The maximum atomic E-state index is 13.1. The lowest BCUT2D eigenvalue weighted by Gasteiger charge is -2.13. The Morgan fingerprint density at radius 1 is 1.14 bits per heavy atom. The summed E-state index contributed by atoms with van der Waals surface area (Å²) in [6.45, 7) is 1.77. The molecule has 0 bridgehead atoms. The van der Waals surface area contributed by atoms with E-state index in [0.29, 0.717) is 27.4 Å². The highest BCUT2D eigenvalue weighted by Gasteiger charge is 2.15. The summed E-state index contributed by atoms with van der Waals surface area (Å²) in [5, 5.41) is 7.34. The number of rotatable bonds is 5. The van der Waals surface area contributed by atoms with Crippen LogP contribution in [0.2, 0.25) is 0 Å². The minimum atomic E-state index is -0.275. The van der Waals surface area contributed by atoms with E-state index >= 15 is 0 Å². The number of carbonyl (C=O) groups is 1. The molecule has 1 amide bonds. The van der Waals surface area contributed by atoms with Crippen LogP contribution >= 0.6 is 11.8 Å². The van der Waals surface area contributed by atoms with Gasteiger partial charge >= 0.3 is 0 Å². The number of nitrogens with one attached hydrogen (secondary N) is 1. The first-order valence-corrected chi connectivity index (χ1v) is 9.53. The molecule has 2 heterocycles. The van der Waals surface area contributed by atoms with E-state index in [9.17, 15) is 9.59 Å². The molecule has 4 rings (SSSR count). The molecule has 0 saturated heterocycles. The van der Waals surface area contributed by atoms with Gasteiger partial charge in [0.1, 0.15) is 0 Å². The molecule has 0 unspecified atom stereocenters. The molecule has 0 fully saturated rings. The van der Waals surface area contributed by atoms with Crippen molar-refractivity contribution < 1.29 is 9.32 Å². The second kappa shape index (κ2) is 7.69. The predicted molar refractivity (Wildman–Crippen MR) is 108 cm³/mol. The van der Waals surface area contributed by atoms with Gasteiger partial charge in [0.2, 0.25) is 11.8 Å².